The fraction of sp³-hybridized carbons (Fsp3) is 0.526. The number of nitrogens with one attached hydrogen (secondary N) is 2. The number of urea groups is 1. The molecule has 0 spiro atoms. The zero-order valence-electron chi connectivity index (χ0n) is 15.7. The number of aromatic nitrogens is 2. The molecule has 1 saturated heterocycles. The van der Waals surface area contributed by atoms with Crippen LogP contribution in [0, 0.1) is 0 Å². The lowest BCUT2D eigenvalue weighted by atomic mass is 10.1. The second-order valence-corrected chi connectivity index (χ2v) is 7.62. The summed E-state index contributed by atoms with van der Waals surface area (Å²) in [5, 5.41) is 14.0. The van der Waals surface area contributed by atoms with E-state index in [0.717, 1.165) is 25.1 Å². The molecule has 7 nitrogen and oxygen atoms in total. The van der Waals surface area contributed by atoms with Gasteiger partial charge in [0.2, 0.25) is 11.8 Å². The van der Waals surface area contributed by atoms with E-state index in [1.807, 2.05) is 30.3 Å². The molecule has 1 aromatic carbocycles. The molecule has 1 atom stereocenters. The highest BCUT2D eigenvalue weighted by Crippen LogP contribution is 2.20. The maximum Gasteiger partial charge on any atom is 0.315 e. The predicted molar refractivity (Wildman–Crippen MR) is 99.7 cm³/mol. The Kier molecular flexibility index (Phi) is 5.56. The van der Waals surface area contributed by atoms with Crippen LogP contribution in [-0.2, 0) is 6.42 Å². The minimum Gasteiger partial charge on any atom is -0.421 e. The molecule has 140 valence electrons. The highest BCUT2D eigenvalue weighted by atomic mass is 16.4. The molecule has 1 unspecified atom stereocenters. The topological polar surface area (TPSA) is 83.3 Å². The van der Waals surface area contributed by atoms with E-state index in [9.17, 15) is 4.79 Å². The Morgan fingerprint density at radius 1 is 1.27 bits per heavy atom. The fourth-order valence-electron chi connectivity index (χ4n) is 3.06. The van der Waals surface area contributed by atoms with Crippen LogP contribution in [-0.4, -0.2) is 52.3 Å². The van der Waals surface area contributed by atoms with Crippen LogP contribution in [0.2, 0.25) is 0 Å². The van der Waals surface area contributed by atoms with Crippen LogP contribution in [0.5, 0.6) is 0 Å². The van der Waals surface area contributed by atoms with E-state index in [0.29, 0.717) is 24.7 Å². The van der Waals surface area contributed by atoms with Gasteiger partial charge in [0.1, 0.15) is 0 Å². The van der Waals surface area contributed by atoms with Crippen LogP contribution >= 0.6 is 0 Å². The molecule has 2 N–H and O–H groups in total. The average Bonchev–Trinajstić information content (AvgIpc) is 3.25. The van der Waals surface area contributed by atoms with E-state index >= 15 is 0 Å². The Balaban J connectivity index is 1.40. The maximum absolute atomic E-state index is 12.1. The molecule has 2 amide bonds. The molecule has 2 aromatic rings. The van der Waals surface area contributed by atoms with Crippen molar-refractivity contribution in [1.82, 2.24) is 25.7 Å². The third-order valence-corrected chi connectivity index (χ3v) is 4.58. The maximum atomic E-state index is 12.1. The van der Waals surface area contributed by atoms with Gasteiger partial charge in [-0.25, -0.2) is 4.79 Å². The van der Waals surface area contributed by atoms with E-state index in [1.165, 1.54) is 0 Å². The molecule has 1 aliphatic rings. The number of nitrogens with zero attached hydrogens (tertiary/aromatic N) is 3. The van der Waals surface area contributed by atoms with Crippen LogP contribution in [0.4, 0.5) is 4.79 Å². The van der Waals surface area contributed by atoms with Gasteiger partial charge in [-0.05, 0) is 39.3 Å². The zero-order chi connectivity index (χ0) is 18.6. The Bertz CT molecular complexity index is 723. The molecular weight excluding hydrogens is 330 g/mol. The Morgan fingerprint density at radius 3 is 2.73 bits per heavy atom. The Morgan fingerprint density at radius 2 is 2.04 bits per heavy atom. The quantitative estimate of drug-likeness (QED) is 0.859. The summed E-state index contributed by atoms with van der Waals surface area (Å²) < 4.78 is 5.64. The van der Waals surface area contributed by atoms with E-state index < -0.39 is 0 Å². The molecule has 7 heteroatoms. The van der Waals surface area contributed by atoms with Gasteiger partial charge in [-0.1, -0.05) is 18.2 Å². The number of carbonyl (C=O) groups is 1. The molecular formula is C19H27N5O2. The second kappa shape index (κ2) is 7.86. The Hall–Kier alpha value is -2.41. The Labute approximate surface area is 154 Å². The van der Waals surface area contributed by atoms with E-state index in [4.69, 9.17) is 4.42 Å². The zero-order valence-corrected chi connectivity index (χ0v) is 15.7. The average molecular weight is 357 g/mol. The summed E-state index contributed by atoms with van der Waals surface area (Å²) in [4.78, 5) is 14.5. The molecule has 26 heavy (non-hydrogen) atoms. The predicted octanol–water partition coefficient (Wildman–Crippen LogP) is 2.45. The molecule has 2 heterocycles. The van der Waals surface area contributed by atoms with Crippen molar-refractivity contribution in [3.63, 3.8) is 0 Å². The lowest BCUT2D eigenvalue weighted by molar-refractivity contribution is 0.170. The summed E-state index contributed by atoms with van der Waals surface area (Å²) in [6.07, 6.45) is 1.49. The summed E-state index contributed by atoms with van der Waals surface area (Å²) in [7, 11) is 0. The van der Waals surface area contributed by atoms with Gasteiger partial charge in [-0.3, -0.25) is 4.90 Å². The summed E-state index contributed by atoms with van der Waals surface area (Å²) in [5.41, 5.74) is 1.03. The third-order valence-electron chi connectivity index (χ3n) is 4.58. The molecule has 0 saturated carbocycles. The molecule has 0 bridgehead atoms. The van der Waals surface area contributed by atoms with Gasteiger partial charge in [0, 0.05) is 43.2 Å². The molecule has 3 rings (SSSR count). The first kappa shape index (κ1) is 18.4. The molecule has 0 radical (unpaired) electrons. The van der Waals surface area contributed by atoms with Crippen molar-refractivity contribution in [2.24, 2.45) is 0 Å². The van der Waals surface area contributed by atoms with Crippen molar-refractivity contribution in [3.8, 4) is 11.5 Å². The standard InChI is InChI=1S/C19H27N5O2/c1-19(2,3)24-12-10-15(13-24)21-18(25)20-11-9-16-22-23-17(26-16)14-7-5-4-6-8-14/h4-8,15H,9-13H2,1-3H3,(H2,20,21,25). The summed E-state index contributed by atoms with van der Waals surface area (Å²) in [6.45, 7) is 8.95. The number of amides is 2. The first-order chi connectivity index (χ1) is 12.4. The van der Waals surface area contributed by atoms with E-state index in [-0.39, 0.29) is 17.6 Å². The summed E-state index contributed by atoms with van der Waals surface area (Å²) in [5.74, 6) is 1.02. The van der Waals surface area contributed by atoms with Crippen molar-refractivity contribution < 1.29 is 9.21 Å². The lowest BCUT2D eigenvalue weighted by Gasteiger charge is -2.31. The number of rotatable bonds is 5. The van der Waals surface area contributed by atoms with Gasteiger partial charge in [0.25, 0.3) is 0 Å². The van der Waals surface area contributed by atoms with Crippen molar-refractivity contribution >= 4 is 6.03 Å². The highest BCUT2D eigenvalue weighted by molar-refractivity contribution is 5.74. The fourth-order valence-corrected chi connectivity index (χ4v) is 3.06. The molecule has 1 aliphatic heterocycles. The van der Waals surface area contributed by atoms with Crippen molar-refractivity contribution in [2.45, 2.75) is 45.2 Å². The minimum absolute atomic E-state index is 0.140. The number of hydrogen-bond donors (Lipinski definition) is 2. The monoisotopic (exact) mass is 357 g/mol. The van der Waals surface area contributed by atoms with Crippen LogP contribution in [0.25, 0.3) is 11.5 Å². The van der Waals surface area contributed by atoms with E-state index in [1.54, 1.807) is 0 Å². The smallest absolute Gasteiger partial charge is 0.315 e. The van der Waals surface area contributed by atoms with Crippen molar-refractivity contribution in [2.75, 3.05) is 19.6 Å². The molecule has 1 aromatic heterocycles. The van der Waals surface area contributed by atoms with Gasteiger partial charge < -0.3 is 15.1 Å². The van der Waals surface area contributed by atoms with Crippen molar-refractivity contribution in [1.29, 1.82) is 0 Å². The largest absolute Gasteiger partial charge is 0.421 e. The first-order valence-corrected chi connectivity index (χ1v) is 9.09. The lowest BCUT2D eigenvalue weighted by Crippen LogP contribution is -2.46. The number of likely N-dealkylation sites (tertiary alicyclic amines) is 1. The molecule has 1 fully saturated rings. The number of carbonyl (C=O) groups excluding carboxylic acids is 1. The highest BCUT2D eigenvalue weighted by Gasteiger charge is 2.30. The number of hydrogen-bond acceptors (Lipinski definition) is 5. The normalized spacial score (nSPS) is 18.0. The minimum atomic E-state index is -0.145. The van der Waals surface area contributed by atoms with Gasteiger partial charge in [0.15, 0.2) is 0 Å². The molecule has 0 aliphatic carbocycles. The van der Waals surface area contributed by atoms with Gasteiger partial charge >= 0.3 is 6.03 Å². The van der Waals surface area contributed by atoms with Crippen LogP contribution in [0.1, 0.15) is 33.1 Å². The number of benzene rings is 1. The first-order valence-electron chi connectivity index (χ1n) is 9.09. The van der Waals surface area contributed by atoms with Crippen LogP contribution in [0.3, 0.4) is 0 Å². The van der Waals surface area contributed by atoms with Gasteiger partial charge in [-0.15, -0.1) is 10.2 Å². The van der Waals surface area contributed by atoms with Crippen LogP contribution in [0.15, 0.2) is 34.7 Å². The van der Waals surface area contributed by atoms with Crippen LogP contribution < -0.4 is 10.6 Å². The SMILES string of the molecule is CC(C)(C)N1CCC(NC(=O)NCCc2nnc(-c3ccccc3)o2)C1. The summed E-state index contributed by atoms with van der Waals surface area (Å²) in [6, 6.07) is 9.69. The van der Waals surface area contributed by atoms with Gasteiger partial charge in [0.05, 0.1) is 0 Å². The van der Waals surface area contributed by atoms with E-state index in [2.05, 4.69) is 46.5 Å². The van der Waals surface area contributed by atoms with Gasteiger partial charge in [-0.2, -0.15) is 0 Å². The second-order valence-electron chi connectivity index (χ2n) is 7.62. The summed E-state index contributed by atoms with van der Waals surface area (Å²) >= 11 is 0. The third kappa shape index (κ3) is 4.82. The van der Waals surface area contributed by atoms with Crippen molar-refractivity contribution in [3.05, 3.63) is 36.2 Å².